The first-order valence-corrected chi connectivity index (χ1v) is 6.71. The Morgan fingerprint density at radius 2 is 1.89 bits per heavy atom. The van der Waals surface area contributed by atoms with Gasteiger partial charge in [0.25, 0.3) is 0 Å². The maximum atomic E-state index is 11.8. The summed E-state index contributed by atoms with van der Waals surface area (Å²) < 4.78 is 5.31. The molecule has 1 saturated heterocycles. The molecule has 0 saturated carbocycles. The van der Waals surface area contributed by atoms with Gasteiger partial charge >= 0.3 is 12.1 Å². The number of aliphatic carboxylic acids is 1. The lowest BCUT2D eigenvalue weighted by molar-refractivity contribution is -0.136. The van der Waals surface area contributed by atoms with Crippen molar-refractivity contribution >= 4 is 12.1 Å². The van der Waals surface area contributed by atoms with Crippen molar-refractivity contribution in [1.29, 1.82) is 0 Å². The number of carboxylic acid groups (broad SMARTS) is 1. The van der Waals surface area contributed by atoms with Gasteiger partial charge in [0.2, 0.25) is 0 Å². The molecule has 1 aliphatic rings. The van der Waals surface area contributed by atoms with Gasteiger partial charge in [-0.15, -0.1) is 0 Å². The van der Waals surface area contributed by atoms with Crippen LogP contribution in [0.4, 0.5) is 4.79 Å². The molecular weight excluding hydrogens is 248 g/mol. The Morgan fingerprint density at radius 3 is 2.37 bits per heavy atom. The third-order valence-corrected chi connectivity index (χ3v) is 2.92. The van der Waals surface area contributed by atoms with E-state index in [4.69, 9.17) is 9.84 Å². The van der Waals surface area contributed by atoms with Gasteiger partial charge in [-0.25, -0.2) is 4.79 Å². The average Bonchev–Trinajstić information content (AvgIpc) is 2.27. The average molecular weight is 272 g/mol. The second-order valence-corrected chi connectivity index (χ2v) is 5.84. The molecule has 1 rings (SSSR count). The van der Waals surface area contributed by atoms with Crippen molar-refractivity contribution in [2.75, 3.05) is 19.6 Å². The Balaban J connectivity index is 2.25. The number of rotatable bonds is 4. The van der Waals surface area contributed by atoms with Crippen molar-refractivity contribution in [2.24, 2.45) is 0 Å². The Hall–Kier alpha value is -1.30. The molecule has 0 aromatic heterocycles. The molecule has 6 heteroatoms. The van der Waals surface area contributed by atoms with E-state index in [0.717, 1.165) is 12.8 Å². The summed E-state index contributed by atoms with van der Waals surface area (Å²) in [5, 5.41) is 11.8. The van der Waals surface area contributed by atoms with Gasteiger partial charge in [0.15, 0.2) is 0 Å². The molecule has 1 amide bonds. The smallest absolute Gasteiger partial charge is 0.410 e. The van der Waals surface area contributed by atoms with Crippen LogP contribution in [0.1, 0.15) is 40.0 Å². The lowest BCUT2D eigenvalue weighted by Gasteiger charge is -2.33. The molecule has 0 aliphatic carbocycles. The summed E-state index contributed by atoms with van der Waals surface area (Å²) in [7, 11) is 0. The van der Waals surface area contributed by atoms with Crippen molar-refractivity contribution in [3.8, 4) is 0 Å². The van der Waals surface area contributed by atoms with Crippen LogP contribution in [-0.2, 0) is 9.53 Å². The normalized spacial score (nSPS) is 17.3. The number of carboxylic acids is 1. The first kappa shape index (κ1) is 15.8. The second-order valence-electron chi connectivity index (χ2n) is 5.84. The molecule has 110 valence electrons. The Kier molecular flexibility index (Phi) is 5.60. The summed E-state index contributed by atoms with van der Waals surface area (Å²) >= 11 is 0. The van der Waals surface area contributed by atoms with Crippen molar-refractivity contribution in [2.45, 2.75) is 51.7 Å². The van der Waals surface area contributed by atoms with Gasteiger partial charge in [-0.3, -0.25) is 4.79 Å². The predicted octanol–water partition coefficient (Wildman–Crippen LogP) is 1.45. The highest BCUT2D eigenvalue weighted by atomic mass is 16.6. The molecule has 1 fully saturated rings. The van der Waals surface area contributed by atoms with Crippen molar-refractivity contribution in [1.82, 2.24) is 10.2 Å². The van der Waals surface area contributed by atoms with E-state index >= 15 is 0 Å². The molecule has 0 bridgehead atoms. The van der Waals surface area contributed by atoms with Crippen LogP contribution >= 0.6 is 0 Å². The topological polar surface area (TPSA) is 78.9 Å². The van der Waals surface area contributed by atoms with Crippen molar-refractivity contribution in [3.63, 3.8) is 0 Å². The molecule has 1 heterocycles. The first-order chi connectivity index (χ1) is 8.78. The molecule has 2 N–H and O–H groups in total. The molecule has 0 atom stereocenters. The highest BCUT2D eigenvalue weighted by Gasteiger charge is 2.26. The van der Waals surface area contributed by atoms with Crippen molar-refractivity contribution < 1.29 is 19.4 Å². The van der Waals surface area contributed by atoms with E-state index in [0.29, 0.717) is 19.6 Å². The Morgan fingerprint density at radius 1 is 1.32 bits per heavy atom. The largest absolute Gasteiger partial charge is 0.481 e. The fourth-order valence-corrected chi connectivity index (χ4v) is 1.98. The van der Waals surface area contributed by atoms with E-state index in [-0.39, 0.29) is 18.6 Å². The fourth-order valence-electron chi connectivity index (χ4n) is 1.98. The van der Waals surface area contributed by atoms with E-state index in [1.807, 2.05) is 20.8 Å². The van der Waals surface area contributed by atoms with Crippen LogP contribution in [0.2, 0.25) is 0 Å². The predicted molar refractivity (Wildman–Crippen MR) is 71.1 cm³/mol. The Bertz CT molecular complexity index is 317. The minimum atomic E-state index is -0.793. The zero-order chi connectivity index (χ0) is 14.5. The van der Waals surface area contributed by atoms with Crippen LogP contribution in [0.15, 0.2) is 0 Å². The fraction of sp³-hybridized carbons (Fsp3) is 0.846. The van der Waals surface area contributed by atoms with E-state index < -0.39 is 11.6 Å². The van der Waals surface area contributed by atoms with Crippen LogP contribution in [0.3, 0.4) is 0 Å². The number of hydrogen-bond donors (Lipinski definition) is 2. The number of carbonyl (C=O) groups excluding carboxylic acids is 1. The monoisotopic (exact) mass is 272 g/mol. The summed E-state index contributed by atoms with van der Waals surface area (Å²) in [5.74, 6) is -0.793. The molecule has 0 unspecified atom stereocenters. The summed E-state index contributed by atoms with van der Waals surface area (Å²) in [5.41, 5.74) is -0.465. The standard InChI is InChI=1S/C13H24N2O4/c1-13(2,3)19-12(18)15-8-5-10(6-9-15)14-7-4-11(16)17/h10,14H,4-9H2,1-3H3,(H,16,17). The number of likely N-dealkylation sites (tertiary alicyclic amines) is 1. The van der Waals surface area contributed by atoms with Gasteiger partial charge in [-0.05, 0) is 33.6 Å². The van der Waals surface area contributed by atoms with Gasteiger partial charge < -0.3 is 20.1 Å². The number of hydrogen-bond acceptors (Lipinski definition) is 4. The summed E-state index contributed by atoms with van der Waals surface area (Å²) in [6.07, 6.45) is 1.53. The highest BCUT2D eigenvalue weighted by molar-refractivity contribution is 5.68. The second kappa shape index (κ2) is 6.75. The summed E-state index contributed by atoms with van der Waals surface area (Å²) in [6, 6.07) is 0.290. The van der Waals surface area contributed by atoms with E-state index in [9.17, 15) is 9.59 Å². The molecule has 19 heavy (non-hydrogen) atoms. The SMILES string of the molecule is CC(C)(C)OC(=O)N1CCC(NCCC(=O)O)CC1. The zero-order valence-electron chi connectivity index (χ0n) is 11.9. The first-order valence-electron chi connectivity index (χ1n) is 6.71. The van der Waals surface area contributed by atoms with E-state index in [1.54, 1.807) is 4.90 Å². The van der Waals surface area contributed by atoms with Crippen LogP contribution in [0.25, 0.3) is 0 Å². The maximum Gasteiger partial charge on any atom is 0.410 e. The van der Waals surface area contributed by atoms with Crippen LogP contribution < -0.4 is 5.32 Å². The van der Waals surface area contributed by atoms with Gasteiger partial charge in [-0.1, -0.05) is 0 Å². The van der Waals surface area contributed by atoms with Crippen LogP contribution in [0.5, 0.6) is 0 Å². The molecular formula is C13H24N2O4. The number of nitrogens with zero attached hydrogens (tertiary/aromatic N) is 1. The van der Waals surface area contributed by atoms with Gasteiger partial charge in [-0.2, -0.15) is 0 Å². The zero-order valence-corrected chi connectivity index (χ0v) is 11.9. The lowest BCUT2D eigenvalue weighted by atomic mass is 10.1. The van der Waals surface area contributed by atoms with Gasteiger partial charge in [0, 0.05) is 25.7 Å². The van der Waals surface area contributed by atoms with E-state index in [2.05, 4.69) is 5.32 Å². The summed E-state index contributed by atoms with van der Waals surface area (Å²) in [4.78, 5) is 23.9. The Labute approximate surface area is 114 Å². The number of ether oxygens (including phenoxy) is 1. The quantitative estimate of drug-likeness (QED) is 0.810. The van der Waals surface area contributed by atoms with Gasteiger partial charge in [0.1, 0.15) is 5.60 Å². The molecule has 0 radical (unpaired) electrons. The third-order valence-electron chi connectivity index (χ3n) is 2.92. The lowest BCUT2D eigenvalue weighted by Crippen LogP contribution is -2.46. The molecule has 0 spiro atoms. The van der Waals surface area contributed by atoms with E-state index in [1.165, 1.54) is 0 Å². The number of carbonyl (C=O) groups is 2. The number of piperidine rings is 1. The highest BCUT2D eigenvalue weighted by Crippen LogP contribution is 2.15. The maximum absolute atomic E-state index is 11.8. The molecule has 0 aromatic carbocycles. The number of nitrogens with one attached hydrogen (secondary N) is 1. The summed E-state index contributed by atoms with van der Waals surface area (Å²) in [6.45, 7) is 7.34. The minimum absolute atomic E-state index is 0.131. The van der Waals surface area contributed by atoms with Crippen LogP contribution in [0, 0.1) is 0 Å². The minimum Gasteiger partial charge on any atom is -0.481 e. The van der Waals surface area contributed by atoms with Crippen molar-refractivity contribution in [3.05, 3.63) is 0 Å². The van der Waals surface area contributed by atoms with Gasteiger partial charge in [0.05, 0.1) is 6.42 Å². The molecule has 1 aliphatic heterocycles. The number of amides is 1. The van der Waals surface area contributed by atoms with Crippen LogP contribution in [-0.4, -0.2) is 53.3 Å². The molecule has 6 nitrogen and oxygen atoms in total. The third kappa shape index (κ3) is 6.42. The molecule has 0 aromatic rings.